The molecule has 0 fully saturated rings. The number of carbonyl (C=O) groups excluding carboxylic acids is 2. The fourth-order valence-electron chi connectivity index (χ4n) is 3.36. The van der Waals surface area contributed by atoms with Crippen LogP contribution in [0, 0.1) is 0 Å². The first-order chi connectivity index (χ1) is 15.2. The highest BCUT2D eigenvalue weighted by Crippen LogP contribution is 2.26. The summed E-state index contributed by atoms with van der Waals surface area (Å²) in [7, 11) is 0. The minimum absolute atomic E-state index is 0.236. The Bertz CT molecular complexity index is 1030. The monoisotopic (exact) mass is 434 g/mol. The zero-order valence-electron chi connectivity index (χ0n) is 19.1. The van der Waals surface area contributed by atoms with E-state index in [-0.39, 0.29) is 18.4 Å². The fraction of sp³-hybridized carbons (Fsp3) is 0.346. The molecule has 0 aliphatic rings. The Morgan fingerprint density at radius 2 is 1.69 bits per heavy atom. The maximum Gasteiger partial charge on any atom is 0.317 e. The van der Waals surface area contributed by atoms with Gasteiger partial charge in [-0.15, -0.1) is 0 Å². The number of imidazole rings is 1. The molecule has 0 spiro atoms. The average molecular weight is 435 g/mol. The molecule has 0 aliphatic carbocycles. The van der Waals surface area contributed by atoms with Crippen LogP contribution in [0.2, 0.25) is 0 Å². The maximum atomic E-state index is 13.0. The molecule has 3 aromatic rings. The molecule has 0 amide bonds. The Hall–Kier alpha value is -3.41. The molecule has 0 saturated carbocycles. The molecule has 1 unspecified atom stereocenters. The molecule has 1 heterocycles. The number of aromatic nitrogens is 2. The van der Waals surface area contributed by atoms with Crippen LogP contribution in [-0.4, -0.2) is 34.1 Å². The summed E-state index contributed by atoms with van der Waals surface area (Å²) >= 11 is 0. The lowest BCUT2D eigenvalue weighted by Crippen LogP contribution is -2.29. The van der Waals surface area contributed by atoms with Gasteiger partial charge < -0.3 is 14.5 Å². The molecule has 1 N–H and O–H groups in total. The summed E-state index contributed by atoms with van der Waals surface area (Å²) in [5.74, 6) is -0.542. The molecule has 0 bridgehead atoms. The van der Waals surface area contributed by atoms with Crippen molar-refractivity contribution in [1.29, 1.82) is 0 Å². The van der Waals surface area contributed by atoms with Gasteiger partial charge >= 0.3 is 11.9 Å². The second kappa shape index (κ2) is 10.3. The van der Waals surface area contributed by atoms with Crippen LogP contribution in [0.15, 0.2) is 60.8 Å². The first-order valence-corrected chi connectivity index (χ1v) is 10.8. The average Bonchev–Trinajstić information content (AvgIpc) is 3.22. The zero-order valence-corrected chi connectivity index (χ0v) is 19.1. The lowest BCUT2D eigenvalue weighted by molar-refractivity contribution is -0.157. The molecule has 0 aliphatic heterocycles. The van der Waals surface area contributed by atoms with Crippen molar-refractivity contribution in [3.05, 3.63) is 77.7 Å². The predicted octanol–water partition coefficient (Wildman–Crippen LogP) is 4.85. The lowest BCUT2D eigenvalue weighted by atomic mass is 9.98. The Morgan fingerprint density at radius 3 is 2.31 bits per heavy atom. The summed E-state index contributed by atoms with van der Waals surface area (Å²) in [6, 6.07) is 17.5. The Kier molecular flexibility index (Phi) is 7.46. The third kappa shape index (κ3) is 6.54. The van der Waals surface area contributed by atoms with E-state index in [0.717, 1.165) is 22.4 Å². The van der Waals surface area contributed by atoms with Crippen LogP contribution in [0.3, 0.4) is 0 Å². The van der Waals surface area contributed by atoms with Gasteiger partial charge in [-0.1, -0.05) is 54.6 Å². The van der Waals surface area contributed by atoms with E-state index in [1.165, 1.54) is 0 Å². The molecule has 0 radical (unpaired) electrons. The number of nitrogens with one attached hydrogen (secondary N) is 1. The van der Waals surface area contributed by atoms with E-state index in [1.807, 2.05) is 75.4 Å². The van der Waals surface area contributed by atoms with Crippen molar-refractivity contribution in [1.82, 2.24) is 9.97 Å². The fourth-order valence-corrected chi connectivity index (χ4v) is 3.36. The van der Waals surface area contributed by atoms with Crippen molar-refractivity contribution in [3.63, 3.8) is 0 Å². The molecule has 1 atom stereocenters. The van der Waals surface area contributed by atoms with Gasteiger partial charge in [0.25, 0.3) is 0 Å². The molecule has 2 aromatic carbocycles. The molecular weight excluding hydrogens is 404 g/mol. The number of esters is 2. The minimum atomic E-state index is -0.587. The summed E-state index contributed by atoms with van der Waals surface area (Å²) in [6.07, 6.45) is 2.44. The third-order valence-electron chi connectivity index (χ3n) is 4.82. The highest BCUT2D eigenvalue weighted by atomic mass is 16.6. The number of hydrogen-bond donors (Lipinski definition) is 1. The minimum Gasteiger partial charge on any atom is -0.466 e. The first kappa shape index (κ1) is 23.3. The molecule has 0 saturated heterocycles. The SMILES string of the molecule is CCOC(=O)Cc1ccc(-c2cnc(C(Cc3ccccc3)C(=O)OC(C)(C)C)[nH]2)cc1. The van der Waals surface area contributed by atoms with Crippen LogP contribution in [0.5, 0.6) is 0 Å². The summed E-state index contributed by atoms with van der Waals surface area (Å²) in [6.45, 7) is 7.73. The van der Waals surface area contributed by atoms with E-state index in [2.05, 4.69) is 9.97 Å². The smallest absolute Gasteiger partial charge is 0.317 e. The van der Waals surface area contributed by atoms with E-state index in [9.17, 15) is 9.59 Å². The summed E-state index contributed by atoms with van der Waals surface area (Å²) < 4.78 is 10.7. The van der Waals surface area contributed by atoms with Gasteiger partial charge in [0.05, 0.1) is 24.9 Å². The predicted molar refractivity (Wildman–Crippen MR) is 123 cm³/mol. The summed E-state index contributed by atoms with van der Waals surface area (Å²) in [5, 5.41) is 0. The van der Waals surface area contributed by atoms with Gasteiger partial charge in [0.15, 0.2) is 0 Å². The van der Waals surface area contributed by atoms with Crippen LogP contribution in [-0.2, 0) is 31.9 Å². The standard InChI is InChI=1S/C26H30N2O4/c1-5-31-23(29)16-19-11-13-20(14-12-19)22-17-27-24(28-22)21(25(30)32-26(2,3)4)15-18-9-7-6-8-10-18/h6-14,17,21H,5,15-16H2,1-4H3,(H,27,28). The number of H-pyrrole nitrogens is 1. The van der Waals surface area contributed by atoms with Crippen molar-refractivity contribution in [3.8, 4) is 11.3 Å². The number of carbonyl (C=O) groups is 2. The van der Waals surface area contributed by atoms with Crippen molar-refractivity contribution in [2.24, 2.45) is 0 Å². The van der Waals surface area contributed by atoms with Crippen LogP contribution in [0.25, 0.3) is 11.3 Å². The molecule has 1 aromatic heterocycles. The van der Waals surface area contributed by atoms with Crippen LogP contribution >= 0.6 is 0 Å². The van der Waals surface area contributed by atoms with E-state index >= 15 is 0 Å². The molecular formula is C26H30N2O4. The van der Waals surface area contributed by atoms with Gasteiger partial charge in [-0.3, -0.25) is 9.59 Å². The number of rotatable bonds is 8. The lowest BCUT2D eigenvalue weighted by Gasteiger charge is -2.23. The van der Waals surface area contributed by atoms with Crippen molar-refractivity contribution < 1.29 is 19.1 Å². The van der Waals surface area contributed by atoms with Gasteiger partial charge in [-0.05, 0) is 50.8 Å². The van der Waals surface area contributed by atoms with Gasteiger partial charge in [0.1, 0.15) is 17.3 Å². The topological polar surface area (TPSA) is 81.3 Å². The van der Waals surface area contributed by atoms with E-state index in [0.29, 0.717) is 18.9 Å². The number of ether oxygens (including phenoxy) is 2. The van der Waals surface area contributed by atoms with Crippen LogP contribution in [0.4, 0.5) is 0 Å². The highest BCUT2D eigenvalue weighted by molar-refractivity contribution is 5.78. The van der Waals surface area contributed by atoms with Gasteiger partial charge in [0.2, 0.25) is 0 Å². The van der Waals surface area contributed by atoms with Crippen molar-refractivity contribution in [2.45, 2.75) is 52.1 Å². The molecule has 6 nitrogen and oxygen atoms in total. The maximum absolute atomic E-state index is 13.0. The number of hydrogen-bond acceptors (Lipinski definition) is 5. The number of aromatic amines is 1. The van der Waals surface area contributed by atoms with Gasteiger partial charge in [-0.2, -0.15) is 0 Å². The summed E-state index contributed by atoms with van der Waals surface area (Å²) in [5.41, 5.74) is 3.03. The second-order valence-corrected chi connectivity index (χ2v) is 8.64. The summed E-state index contributed by atoms with van der Waals surface area (Å²) in [4.78, 5) is 32.5. The largest absolute Gasteiger partial charge is 0.466 e. The third-order valence-corrected chi connectivity index (χ3v) is 4.82. The van der Waals surface area contributed by atoms with Crippen LogP contribution in [0.1, 0.15) is 50.6 Å². The Morgan fingerprint density at radius 1 is 1.00 bits per heavy atom. The van der Waals surface area contributed by atoms with Gasteiger partial charge in [-0.25, -0.2) is 4.98 Å². The van der Waals surface area contributed by atoms with Gasteiger partial charge in [0, 0.05) is 0 Å². The first-order valence-electron chi connectivity index (χ1n) is 10.8. The van der Waals surface area contributed by atoms with Crippen LogP contribution < -0.4 is 0 Å². The van der Waals surface area contributed by atoms with E-state index in [1.54, 1.807) is 13.1 Å². The zero-order chi connectivity index (χ0) is 23.1. The number of nitrogens with zero attached hydrogens (tertiary/aromatic N) is 1. The molecule has 168 valence electrons. The number of benzene rings is 2. The normalized spacial score (nSPS) is 12.2. The van der Waals surface area contributed by atoms with Crippen molar-refractivity contribution in [2.75, 3.05) is 6.61 Å². The highest BCUT2D eigenvalue weighted by Gasteiger charge is 2.29. The van der Waals surface area contributed by atoms with Crippen molar-refractivity contribution >= 4 is 11.9 Å². The Labute approximate surface area is 189 Å². The molecule has 32 heavy (non-hydrogen) atoms. The van der Waals surface area contributed by atoms with E-state index in [4.69, 9.17) is 9.47 Å². The molecule has 6 heteroatoms. The van der Waals surface area contributed by atoms with E-state index < -0.39 is 11.5 Å². The second-order valence-electron chi connectivity index (χ2n) is 8.64. The molecule has 3 rings (SSSR count). The quantitative estimate of drug-likeness (QED) is 0.513. The Balaban J connectivity index is 1.81.